The van der Waals surface area contributed by atoms with Crippen molar-refractivity contribution in [3.63, 3.8) is 0 Å². The summed E-state index contributed by atoms with van der Waals surface area (Å²) in [5, 5.41) is 3.11. The third-order valence-electron chi connectivity index (χ3n) is 3.57. The van der Waals surface area contributed by atoms with Gasteiger partial charge in [-0.15, -0.1) is 0 Å². The summed E-state index contributed by atoms with van der Waals surface area (Å²) >= 11 is 0. The molecule has 1 aromatic carbocycles. The topological polar surface area (TPSA) is 38.3 Å². The number of esters is 1. The summed E-state index contributed by atoms with van der Waals surface area (Å²) < 4.78 is 42.7. The number of halogens is 3. The van der Waals surface area contributed by atoms with Gasteiger partial charge < -0.3 is 10.1 Å². The van der Waals surface area contributed by atoms with Crippen molar-refractivity contribution in [2.45, 2.75) is 25.1 Å². The van der Waals surface area contributed by atoms with Crippen LogP contribution in [0, 0.1) is 5.92 Å². The number of rotatable bonds is 2. The Kier molecular flexibility index (Phi) is 4.32. The predicted molar refractivity (Wildman–Crippen MR) is 66.9 cm³/mol. The Balaban J connectivity index is 2.06. The van der Waals surface area contributed by atoms with E-state index < -0.39 is 11.7 Å². The van der Waals surface area contributed by atoms with Gasteiger partial charge in [0.15, 0.2) is 0 Å². The van der Waals surface area contributed by atoms with Gasteiger partial charge in [-0.3, -0.25) is 4.79 Å². The van der Waals surface area contributed by atoms with E-state index in [-0.39, 0.29) is 17.9 Å². The second-order valence-corrected chi connectivity index (χ2v) is 4.88. The van der Waals surface area contributed by atoms with E-state index in [1.165, 1.54) is 13.2 Å². The van der Waals surface area contributed by atoms with E-state index in [0.717, 1.165) is 12.1 Å². The molecule has 2 rings (SSSR count). The lowest BCUT2D eigenvalue weighted by molar-refractivity contribution is -0.146. The van der Waals surface area contributed by atoms with Gasteiger partial charge in [0.05, 0.1) is 18.6 Å². The number of alkyl halides is 3. The van der Waals surface area contributed by atoms with Crippen LogP contribution in [0.15, 0.2) is 24.3 Å². The fraction of sp³-hybridized carbons (Fsp3) is 0.500. The van der Waals surface area contributed by atoms with Crippen molar-refractivity contribution in [1.82, 2.24) is 5.32 Å². The normalized spacial score (nSPS) is 23.4. The van der Waals surface area contributed by atoms with Crippen LogP contribution < -0.4 is 5.32 Å². The van der Waals surface area contributed by atoms with Crippen LogP contribution in [-0.4, -0.2) is 19.6 Å². The van der Waals surface area contributed by atoms with Gasteiger partial charge in [-0.05, 0) is 30.5 Å². The molecular weight excluding hydrogens is 271 g/mol. The van der Waals surface area contributed by atoms with E-state index in [0.29, 0.717) is 24.9 Å². The molecule has 3 nitrogen and oxygen atoms in total. The molecule has 2 atom stereocenters. The molecule has 1 aliphatic rings. The number of carbonyl (C=O) groups excluding carboxylic acids is 1. The second-order valence-electron chi connectivity index (χ2n) is 4.88. The van der Waals surface area contributed by atoms with Crippen LogP contribution in [0.4, 0.5) is 13.2 Å². The zero-order valence-corrected chi connectivity index (χ0v) is 11.0. The molecule has 0 aliphatic carbocycles. The van der Waals surface area contributed by atoms with Crippen LogP contribution in [0.5, 0.6) is 0 Å². The molecule has 0 saturated carbocycles. The average Bonchev–Trinajstić information content (AvgIpc) is 2.46. The van der Waals surface area contributed by atoms with Crippen molar-refractivity contribution in [3.8, 4) is 0 Å². The lowest BCUT2D eigenvalue weighted by Crippen LogP contribution is -2.37. The molecule has 0 spiro atoms. The number of benzene rings is 1. The van der Waals surface area contributed by atoms with Gasteiger partial charge in [0, 0.05) is 12.6 Å². The van der Waals surface area contributed by atoms with Crippen molar-refractivity contribution in [2.75, 3.05) is 13.7 Å². The van der Waals surface area contributed by atoms with Crippen LogP contribution >= 0.6 is 0 Å². The van der Waals surface area contributed by atoms with Crippen molar-refractivity contribution in [3.05, 3.63) is 35.4 Å². The van der Waals surface area contributed by atoms with E-state index in [1.807, 2.05) is 0 Å². The Morgan fingerprint density at radius 1 is 1.35 bits per heavy atom. The molecule has 6 heteroatoms. The van der Waals surface area contributed by atoms with Crippen LogP contribution in [0.25, 0.3) is 0 Å². The van der Waals surface area contributed by atoms with Crippen molar-refractivity contribution >= 4 is 5.97 Å². The van der Waals surface area contributed by atoms with E-state index in [4.69, 9.17) is 0 Å². The zero-order valence-electron chi connectivity index (χ0n) is 11.0. The van der Waals surface area contributed by atoms with Gasteiger partial charge in [0.25, 0.3) is 0 Å². The molecule has 1 heterocycles. The van der Waals surface area contributed by atoms with Gasteiger partial charge in [-0.25, -0.2) is 0 Å². The molecule has 0 radical (unpaired) electrons. The first-order valence-corrected chi connectivity index (χ1v) is 6.40. The number of methoxy groups -OCH3 is 1. The molecule has 1 N–H and O–H groups in total. The molecule has 20 heavy (non-hydrogen) atoms. The van der Waals surface area contributed by atoms with E-state index in [9.17, 15) is 18.0 Å². The Morgan fingerprint density at radius 2 is 2.10 bits per heavy atom. The Hall–Kier alpha value is -1.56. The summed E-state index contributed by atoms with van der Waals surface area (Å²) in [5.74, 6) is -0.498. The van der Waals surface area contributed by atoms with Gasteiger partial charge in [0.1, 0.15) is 0 Å². The number of ether oxygens (including phenoxy) is 1. The average molecular weight is 287 g/mol. The minimum absolute atomic E-state index is 0.154. The van der Waals surface area contributed by atoms with E-state index >= 15 is 0 Å². The third-order valence-corrected chi connectivity index (χ3v) is 3.57. The lowest BCUT2D eigenvalue weighted by Gasteiger charge is -2.29. The first kappa shape index (κ1) is 14.8. The number of nitrogens with one attached hydrogen (secondary N) is 1. The summed E-state index contributed by atoms with van der Waals surface area (Å²) in [5.41, 5.74) is -0.0463. The molecule has 1 aromatic rings. The summed E-state index contributed by atoms with van der Waals surface area (Å²) in [7, 11) is 1.33. The largest absolute Gasteiger partial charge is 0.469 e. The Labute approximate surface area is 115 Å². The third kappa shape index (κ3) is 3.30. The van der Waals surface area contributed by atoms with E-state index in [1.54, 1.807) is 6.07 Å². The SMILES string of the molecule is COC(=O)C1CCC(c2cccc(C(F)(F)F)c2)NC1. The van der Waals surface area contributed by atoms with Crippen LogP contribution in [0.1, 0.15) is 30.0 Å². The molecule has 2 unspecified atom stereocenters. The number of hydrogen-bond donors (Lipinski definition) is 1. The standard InChI is InChI=1S/C14H16F3NO2/c1-20-13(19)10-5-6-12(18-8-10)9-3-2-4-11(7-9)14(15,16)17/h2-4,7,10,12,18H,5-6,8H2,1H3. The summed E-state index contributed by atoms with van der Waals surface area (Å²) in [6.07, 6.45) is -3.11. The lowest BCUT2D eigenvalue weighted by atomic mass is 9.90. The number of piperidine rings is 1. The van der Waals surface area contributed by atoms with Gasteiger partial charge in [0.2, 0.25) is 0 Å². The maximum Gasteiger partial charge on any atom is 0.416 e. The molecule has 110 valence electrons. The maximum atomic E-state index is 12.7. The molecule has 0 aromatic heterocycles. The van der Waals surface area contributed by atoms with Gasteiger partial charge >= 0.3 is 12.1 Å². The first-order chi connectivity index (χ1) is 9.41. The molecule has 0 bridgehead atoms. The summed E-state index contributed by atoms with van der Waals surface area (Å²) in [4.78, 5) is 11.4. The minimum Gasteiger partial charge on any atom is -0.469 e. The molecule has 1 saturated heterocycles. The van der Waals surface area contributed by atoms with Crippen molar-refractivity contribution in [1.29, 1.82) is 0 Å². The quantitative estimate of drug-likeness (QED) is 0.850. The Bertz CT molecular complexity index is 480. The summed E-state index contributed by atoms with van der Waals surface area (Å²) in [6, 6.07) is 5.15. The smallest absolute Gasteiger partial charge is 0.416 e. The van der Waals surface area contributed by atoms with Crippen LogP contribution in [-0.2, 0) is 15.7 Å². The van der Waals surface area contributed by atoms with Gasteiger partial charge in [-0.2, -0.15) is 13.2 Å². The van der Waals surface area contributed by atoms with Crippen molar-refractivity contribution in [2.24, 2.45) is 5.92 Å². The van der Waals surface area contributed by atoms with Crippen LogP contribution in [0.2, 0.25) is 0 Å². The second kappa shape index (κ2) is 5.83. The number of hydrogen-bond acceptors (Lipinski definition) is 3. The molecular formula is C14H16F3NO2. The summed E-state index contributed by atoms with van der Waals surface area (Å²) in [6.45, 7) is 0.424. The first-order valence-electron chi connectivity index (χ1n) is 6.40. The molecule has 1 fully saturated rings. The van der Waals surface area contributed by atoms with Crippen LogP contribution in [0.3, 0.4) is 0 Å². The fourth-order valence-electron chi connectivity index (χ4n) is 2.44. The highest BCUT2D eigenvalue weighted by Gasteiger charge is 2.32. The zero-order chi connectivity index (χ0) is 14.8. The number of carbonyl (C=O) groups is 1. The minimum atomic E-state index is -4.33. The fourth-order valence-corrected chi connectivity index (χ4v) is 2.44. The molecule has 0 amide bonds. The highest BCUT2D eigenvalue weighted by molar-refractivity contribution is 5.72. The molecule has 1 aliphatic heterocycles. The predicted octanol–water partition coefficient (Wildman–Crippen LogP) is 2.92. The Morgan fingerprint density at radius 3 is 2.65 bits per heavy atom. The van der Waals surface area contributed by atoms with Gasteiger partial charge in [-0.1, -0.05) is 12.1 Å². The maximum absolute atomic E-state index is 12.7. The van der Waals surface area contributed by atoms with E-state index in [2.05, 4.69) is 10.1 Å². The monoisotopic (exact) mass is 287 g/mol. The highest BCUT2D eigenvalue weighted by atomic mass is 19.4. The highest BCUT2D eigenvalue weighted by Crippen LogP contribution is 2.33. The van der Waals surface area contributed by atoms with Crippen molar-refractivity contribution < 1.29 is 22.7 Å².